The number of carboxylic acids is 1. The molecule has 0 aliphatic heterocycles. The van der Waals surface area contributed by atoms with Crippen LogP contribution in [0.3, 0.4) is 0 Å². The summed E-state index contributed by atoms with van der Waals surface area (Å²) >= 11 is 0. The molecule has 4 saturated carbocycles. The summed E-state index contributed by atoms with van der Waals surface area (Å²) in [5, 5.41) is 13.1. The molecule has 5 aliphatic carbocycles. The molecule has 1 aromatic carbocycles. The molecule has 0 radical (unpaired) electrons. The van der Waals surface area contributed by atoms with Gasteiger partial charge in [0, 0.05) is 12.0 Å². The highest BCUT2D eigenvalue weighted by Gasteiger charge is 2.69. The molecule has 8 atom stereocenters. The first-order valence-electron chi connectivity index (χ1n) is 17.7. The van der Waals surface area contributed by atoms with Gasteiger partial charge in [0.1, 0.15) is 0 Å². The van der Waals surface area contributed by atoms with Crippen molar-refractivity contribution in [1.82, 2.24) is 10.2 Å². The van der Waals surface area contributed by atoms with Crippen LogP contribution < -0.4 is 5.32 Å². The molecule has 1 amide bonds. The van der Waals surface area contributed by atoms with E-state index in [1.54, 1.807) is 12.1 Å². The Bertz CT molecular complexity index is 1310. The minimum atomic E-state index is -0.864. The van der Waals surface area contributed by atoms with Crippen LogP contribution in [0.25, 0.3) is 5.57 Å². The zero-order chi connectivity index (χ0) is 31.7. The molecule has 4 fully saturated rings. The highest BCUT2D eigenvalue weighted by molar-refractivity contribution is 5.88. The number of rotatable bonds is 7. The molecule has 0 aromatic heterocycles. The topological polar surface area (TPSA) is 69.6 Å². The zero-order valence-corrected chi connectivity index (χ0v) is 28.6. The van der Waals surface area contributed by atoms with E-state index in [1.807, 2.05) is 12.1 Å². The quantitative estimate of drug-likeness (QED) is 0.329. The van der Waals surface area contributed by atoms with Gasteiger partial charge in [0.25, 0.3) is 0 Å². The Morgan fingerprint density at radius 1 is 0.864 bits per heavy atom. The lowest BCUT2D eigenvalue weighted by Gasteiger charge is -2.72. The van der Waals surface area contributed by atoms with E-state index in [4.69, 9.17) is 0 Å². The van der Waals surface area contributed by atoms with Crippen molar-refractivity contribution in [2.45, 2.75) is 117 Å². The first-order valence-corrected chi connectivity index (χ1v) is 17.7. The van der Waals surface area contributed by atoms with E-state index in [2.05, 4.69) is 65.0 Å². The van der Waals surface area contributed by atoms with E-state index < -0.39 is 5.97 Å². The Labute approximate surface area is 266 Å². The van der Waals surface area contributed by atoms with Crippen molar-refractivity contribution in [3.63, 3.8) is 0 Å². The second kappa shape index (κ2) is 11.0. The van der Waals surface area contributed by atoms with E-state index in [9.17, 15) is 14.7 Å². The number of nitrogens with one attached hydrogen (secondary N) is 1. The van der Waals surface area contributed by atoms with Crippen LogP contribution in [0.1, 0.15) is 128 Å². The van der Waals surface area contributed by atoms with Crippen molar-refractivity contribution in [3.05, 3.63) is 41.5 Å². The van der Waals surface area contributed by atoms with Gasteiger partial charge in [-0.3, -0.25) is 4.79 Å². The van der Waals surface area contributed by atoms with Gasteiger partial charge in [0.05, 0.1) is 5.56 Å². The molecule has 6 rings (SSSR count). The second-order valence-electron chi connectivity index (χ2n) is 17.2. The number of hydrogen-bond donors (Lipinski definition) is 2. The molecule has 0 spiro atoms. The number of amides is 1. The molecule has 242 valence electrons. The lowest BCUT2D eigenvalue weighted by Crippen LogP contribution is -2.67. The number of fused-ring (bicyclic) bond motifs is 7. The number of aromatic carboxylic acids is 1. The summed E-state index contributed by atoms with van der Waals surface area (Å²) in [5.74, 6) is 2.01. The molecule has 5 aliphatic rings. The largest absolute Gasteiger partial charge is 0.478 e. The van der Waals surface area contributed by atoms with Crippen LogP contribution in [-0.2, 0) is 4.79 Å². The van der Waals surface area contributed by atoms with E-state index in [1.165, 1.54) is 62.5 Å². The molecule has 2 N–H and O–H groups in total. The van der Waals surface area contributed by atoms with Crippen molar-refractivity contribution >= 4 is 17.4 Å². The summed E-state index contributed by atoms with van der Waals surface area (Å²) in [6.07, 6.45) is 16.4. The summed E-state index contributed by atoms with van der Waals surface area (Å²) < 4.78 is 0. The number of carboxylic acid groups (broad SMARTS) is 1. The summed E-state index contributed by atoms with van der Waals surface area (Å²) in [5.41, 5.74) is 3.84. The predicted molar refractivity (Wildman–Crippen MR) is 178 cm³/mol. The minimum absolute atomic E-state index is 0.0182. The van der Waals surface area contributed by atoms with Gasteiger partial charge < -0.3 is 15.3 Å². The molecule has 5 heteroatoms. The molecule has 5 nitrogen and oxygen atoms in total. The van der Waals surface area contributed by atoms with Crippen LogP contribution in [0.4, 0.5) is 0 Å². The number of carbonyl (C=O) groups is 2. The average molecular weight is 603 g/mol. The van der Waals surface area contributed by atoms with Crippen LogP contribution in [-0.4, -0.2) is 48.1 Å². The Morgan fingerprint density at radius 2 is 1.59 bits per heavy atom. The highest BCUT2D eigenvalue weighted by Crippen LogP contribution is 2.76. The number of allylic oxidation sites excluding steroid dienone is 2. The maximum Gasteiger partial charge on any atom is 0.335 e. The first-order chi connectivity index (χ1) is 20.7. The third kappa shape index (κ3) is 4.73. The lowest BCUT2D eigenvalue weighted by atomic mass is 9.33. The van der Waals surface area contributed by atoms with Crippen molar-refractivity contribution in [2.24, 2.45) is 45.3 Å². The Hall–Kier alpha value is -2.14. The number of hydrogen-bond acceptors (Lipinski definition) is 3. The normalized spacial score (nSPS) is 40.7. The zero-order valence-electron chi connectivity index (χ0n) is 28.6. The summed E-state index contributed by atoms with van der Waals surface area (Å²) in [7, 11) is 4.17. The number of carbonyl (C=O) groups excluding carboxylic acids is 1. The fourth-order valence-corrected chi connectivity index (χ4v) is 12.6. The van der Waals surface area contributed by atoms with Gasteiger partial charge in [-0.1, -0.05) is 59.2 Å². The minimum Gasteiger partial charge on any atom is -0.478 e. The van der Waals surface area contributed by atoms with E-state index >= 15 is 0 Å². The van der Waals surface area contributed by atoms with Crippen molar-refractivity contribution in [1.29, 1.82) is 0 Å². The van der Waals surface area contributed by atoms with Gasteiger partial charge in [0.2, 0.25) is 5.91 Å². The van der Waals surface area contributed by atoms with Crippen LogP contribution in [0.5, 0.6) is 0 Å². The first kappa shape index (κ1) is 31.8. The van der Waals surface area contributed by atoms with Crippen LogP contribution in [0, 0.1) is 45.3 Å². The maximum absolute atomic E-state index is 13.2. The standard InChI is InChI=1S/C39H58N2O3/c1-35(2)28(26-12-14-27(15-13-26)34(43)44)18-21-36(3)31(35)19-22-38(5)32(36)17-16-29-30-10-8-20-39(30,24-23-37(29,38)4)40-33(42)11-9-25-41(6)7/h12-15,18,29-32H,8-11,16-17,19-25H2,1-7H3,(H,40,42)(H,43,44)/t29?,30?,31?,32?,36-,37+,38?,39-/m0/s1. The van der Waals surface area contributed by atoms with E-state index in [0.717, 1.165) is 25.8 Å². The third-order valence-corrected chi connectivity index (χ3v) is 14.8. The third-order valence-electron chi connectivity index (χ3n) is 14.8. The number of benzene rings is 1. The number of nitrogens with zero attached hydrogens (tertiary/aromatic N) is 1. The van der Waals surface area contributed by atoms with E-state index in [0.29, 0.717) is 46.5 Å². The molecule has 0 heterocycles. The molecule has 44 heavy (non-hydrogen) atoms. The molecular weight excluding hydrogens is 544 g/mol. The fraction of sp³-hybridized carbons (Fsp3) is 0.744. The van der Waals surface area contributed by atoms with Gasteiger partial charge in [0.15, 0.2) is 0 Å². The fourth-order valence-electron chi connectivity index (χ4n) is 12.6. The summed E-state index contributed by atoms with van der Waals surface area (Å²) in [4.78, 5) is 26.9. The van der Waals surface area contributed by atoms with Gasteiger partial charge in [-0.05, 0) is 153 Å². The lowest BCUT2D eigenvalue weighted by molar-refractivity contribution is -0.217. The molecular formula is C39H58N2O3. The van der Waals surface area contributed by atoms with Gasteiger partial charge in [-0.25, -0.2) is 4.79 Å². The monoisotopic (exact) mass is 602 g/mol. The van der Waals surface area contributed by atoms with Gasteiger partial charge in [-0.2, -0.15) is 0 Å². The predicted octanol–water partition coefficient (Wildman–Crippen LogP) is 8.44. The highest BCUT2D eigenvalue weighted by atomic mass is 16.4. The van der Waals surface area contributed by atoms with Crippen molar-refractivity contribution in [3.8, 4) is 0 Å². The molecule has 0 bridgehead atoms. The van der Waals surface area contributed by atoms with Crippen molar-refractivity contribution in [2.75, 3.05) is 20.6 Å². The Kier molecular flexibility index (Phi) is 7.95. The smallest absolute Gasteiger partial charge is 0.335 e. The van der Waals surface area contributed by atoms with Crippen LogP contribution in [0.2, 0.25) is 0 Å². The summed E-state index contributed by atoms with van der Waals surface area (Å²) in [6, 6.07) is 7.58. The SMILES string of the molecule is CN(C)CCCC(=O)N[C@]12CCCC1C1CCC3C(C)(CCC4C(C)(C)C(c5ccc(C(=O)O)cc5)=CC[C@@]43C)[C@]1(C)CC2. The van der Waals surface area contributed by atoms with Crippen LogP contribution in [0.15, 0.2) is 30.3 Å². The van der Waals surface area contributed by atoms with Gasteiger partial charge >= 0.3 is 5.97 Å². The summed E-state index contributed by atoms with van der Waals surface area (Å²) in [6.45, 7) is 13.9. The Balaban J connectivity index is 1.25. The second-order valence-corrected chi connectivity index (χ2v) is 17.2. The average Bonchev–Trinajstić information content (AvgIpc) is 3.36. The van der Waals surface area contributed by atoms with Crippen molar-refractivity contribution < 1.29 is 14.7 Å². The Morgan fingerprint density at radius 3 is 2.27 bits per heavy atom. The van der Waals surface area contributed by atoms with E-state index in [-0.39, 0.29) is 22.3 Å². The van der Waals surface area contributed by atoms with Crippen LogP contribution >= 0.6 is 0 Å². The van der Waals surface area contributed by atoms with Gasteiger partial charge in [-0.15, -0.1) is 0 Å². The molecule has 1 aromatic rings. The maximum atomic E-state index is 13.2. The molecule has 5 unspecified atom stereocenters. The molecule has 0 saturated heterocycles.